The summed E-state index contributed by atoms with van der Waals surface area (Å²) in [5, 5.41) is 9.96. The Morgan fingerprint density at radius 3 is 2.47 bits per heavy atom. The van der Waals surface area contributed by atoms with Crippen LogP contribution in [0, 0.1) is 5.92 Å². The minimum Gasteiger partial charge on any atom is -0.390 e. The molecule has 1 N–H and O–H groups in total. The average Bonchev–Trinajstić information content (AvgIpc) is 2.81. The fourth-order valence-corrected chi connectivity index (χ4v) is 2.83. The molecule has 0 amide bonds. The molecule has 1 aliphatic heterocycles. The molecule has 3 aliphatic rings. The Kier molecular flexibility index (Phi) is 2.43. The molecule has 2 fully saturated rings. The van der Waals surface area contributed by atoms with Crippen LogP contribution in [0.2, 0.25) is 0 Å². The number of aliphatic hydroxyl groups is 1. The van der Waals surface area contributed by atoms with Crippen LogP contribution in [0.15, 0.2) is 12.2 Å². The van der Waals surface area contributed by atoms with Crippen molar-refractivity contribution in [1.82, 2.24) is 0 Å². The van der Waals surface area contributed by atoms with Crippen LogP contribution in [-0.2, 0) is 14.5 Å². The van der Waals surface area contributed by atoms with Gasteiger partial charge in [0.15, 0.2) is 0 Å². The fourth-order valence-electron chi connectivity index (χ4n) is 2.83. The second-order valence-corrected chi connectivity index (χ2v) is 5.94. The van der Waals surface area contributed by atoms with E-state index in [0.29, 0.717) is 25.7 Å². The molecule has 4 nitrogen and oxygen atoms in total. The van der Waals surface area contributed by atoms with Crippen molar-refractivity contribution in [3.8, 4) is 0 Å². The molecule has 0 aromatic carbocycles. The Balaban J connectivity index is 1.74. The lowest BCUT2D eigenvalue weighted by Gasteiger charge is -2.38. The van der Waals surface area contributed by atoms with E-state index < -0.39 is 17.2 Å². The largest absolute Gasteiger partial charge is 0.390 e. The SMILES string of the molecule is CC1CC=CC12OOC1(CCC(C)(O)CC1)O2. The van der Waals surface area contributed by atoms with E-state index in [-0.39, 0.29) is 5.92 Å². The van der Waals surface area contributed by atoms with Crippen molar-refractivity contribution >= 4 is 0 Å². The molecule has 1 heterocycles. The Bertz CT molecular complexity index is 339. The number of ether oxygens (including phenoxy) is 1. The lowest BCUT2D eigenvalue weighted by atomic mass is 9.82. The molecule has 2 aliphatic carbocycles. The third-order valence-corrected chi connectivity index (χ3v) is 4.28. The van der Waals surface area contributed by atoms with E-state index in [4.69, 9.17) is 14.5 Å². The van der Waals surface area contributed by atoms with Crippen LogP contribution in [0.5, 0.6) is 0 Å². The van der Waals surface area contributed by atoms with Crippen molar-refractivity contribution in [3.05, 3.63) is 12.2 Å². The van der Waals surface area contributed by atoms with Crippen molar-refractivity contribution < 1.29 is 19.6 Å². The molecule has 4 heteroatoms. The predicted octanol–water partition coefficient (Wildman–Crippen LogP) is 2.28. The quantitative estimate of drug-likeness (QED) is 0.521. The summed E-state index contributed by atoms with van der Waals surface area (Å²) < 4.78 is 6.10. The molecule has 0 aromatic rings. The number of allylic oxidation sites excluding steroid dienone is 1. The molecular formula is C13H20O4. The third kappa shape index (κ3) is 1.83. The Hall–Kier alpha value is -0.420. The monoisotopic (exact) mass is 240 g/mol. The summed E-state index contributed by atoms with van der Waals surface area (Å²) in [5.74, 6) is -1.06. The smallest absolute Gasteiger partial charge is 0.226 e. The van der Waals surface area contributed by atoms with Gasteiger partial charge in [0.05, 0.1) is 5.60 Å². The highest BCUT2D eigenvalue weighted by atomic mass is 17.3. The van der Waals surface area contributed by atoms with Crippen LogP contribution in [-0.4, -0.2) is 22.3 Å². The first-order chi connectivity index (χ1) is 7.96. The zero-order valence-corrected chi connectivity index (χ0v) is 10.4. The summed E-state index contributed by atoms with van der Waals surface area (Å²) in [6.45, 7) is 3.96. The summed E-state index contributed by atoms with van der Waals surface area (Å²) in [5.41, 5.74) is -0.592. The second kappa shape index (κ2) is 3.54. The highest BCUT2D eigenvalue weighted by molar-refractivity contribution is 5.09. The average molecular weight is 240 g/mol. The van der Waals surface area contributed by atoms with Gasteiger partial charge < -0.3 is 9.84 Å². The van der Waals surface area contributed by atoms with Crippen LogP contribution in [0.1, 0.15) is 46.0 Å². The topological polar surface area (TPSA) is 47.9 Å². The molecule has 96 valence electrons. The minimum absolute atomic E-state index is 0.282. The highest BCUT2D eigenvalue weighted by Gasteiger charge is 2.57. The van der Waals surface area contributed by atoms with E-state index in [2.05, 4.69) is 13.0 Å². The molecule has 1 saturated heterocycles. The Morgan fingerprint density at radius 2 is 1.88 bits per heavy atom. The zero-order chi connectivity index (χ0) is 12.1. The Labute approximate surface area is 101 Å². The van der Waals surface area contributed by atoms with Crippen LogP contribution < -0.4 is 0 Å². The van der Waals surface area contributed by atoms with Crippen molar-refractivity contribution in [2.45, 2.75) is 63.1 Å². The molecule has 0 aromatic heterocycles. The lowest BCUT2D eigenvalue weighted by molar-refractivity contribution is -0.354. The van der Waals surface area contributed by atoms with E-state index in [0.717, 1.165) is 6.42 Å². The van der Waals surface area contributed by atoms with Crippen molar-refractivity contribution in [1.29, 1.82) is 0 Å². The molecule has 2 atom stereocenters. The summed E-state index contributed by atoms with van der Waals surface area (Å²) in [7, 11) is 0. The van der Waals surface area contributed by atoms with Crippen LogP contribution in [0.25, 0.3) is 0 Å². The summed E-state index contributed by atoms with van der Waals surface area (Å²) in [4.78, 5) is 11.0. The number of rotatable bonds is 0. The van der Waals surface area contributed by atoms with Crippen molar-refractivity contribution in [2.24, 2.45) is 5.92 Å². The lowest BCUT2D eigenvalue weighted by Crippen LogP contribution is -2.44. The van der Waals surface area contributed by atoms with E-state index in [1.165, 1.54) is 0 Å². The van der Waals surface area contributed by atoms with Gasteiger partial charge in [0.2, 0.25) is 11.6 Å². The van der Waals surface area contributed by atoms with Gasteiger partial charge >= 0.3 is 0 Å². The minimum atomic E-state index is -0.691. The first-order valence-corrected chi connectivity index (χ1v) is 6.43. The maximum atomic E-state index is 9.96. The summed E-state index contributed by atoms with van der Waals surface area (Å²) >= 11 is 0. The maximum Gasteiger partial charge on any atom is 0.226 e. The highest BCUT2D eigenvalue weighted by Crippen LogP contribution is 2.50. The van der Waals surface area contributed by atoms with Crippen molar-refractivity contribution in [3.63, 3.8) is 0 Å². The molecule has 0 bridgehead atoms. The van der Waals surface area contributed by atoms with Gasteiger partial charge in [-0.15, -0.1) is 0 Å². The number of hydrogen-bond donors (Lipinski definition) is 1. The standard InChI is InChI=1S/C13H20O4/c1-10-4-3-5-13(10)15-12(16-17-13)8-6-11(2,14)7-9-12/h3,5,10,14H,4,6-9H2,1-2H3. The first kappa shape index (κ1) is 11.7. The molecule has 2 unspecified atom stereocenters. The molecule has 17 heavy (non-hydrogen) atoms. The first-order valence-electron chi connectivity index (χ1n) is 6.43. The van der Waals surface area contributed by atoms with Gasteiger partial charge in [0.1, 0.15) is 0 Å². The van der Waals surface area contributed by atoms with Gasteiger partial charge in [-0.25, -0.2) is 0 Å². The predicted molar refractivity (Wildman–Crippen MR) is 60.7 cm³/mol. The molecule has 1 saturated carbocycles. The van der Waals surface area contributed by atoms with Crippen LogP contribution in [0.4, 0.5) is 0 Å². The Morgan fingerprint density at radius 1 is 1.18 bits per heavy atom. The van der Waals surface area contributed by atoms with Gasteiger partial charge in [0, 0.05) is 18.8 Å². The van der Waals surface area contributed by atoms with E-state index >= 15 is 0 Å². The van der Waals surface area contributed by atoms with Crippen LogP contribution >= 0.6 is 0 Å². The van der Waals surface area contributed by atoms with Gasteiger partial charge in [-0.05, 0) is 32.3 Å². The van der Waals surface area contributed by atoms with Crippen molar-refractivity contribution in [2.75, 3.05) is 0 Å². The van der Waals surface area contributed by atoms with E-state index in [1.807, 2.05) is 13.0 Å². The molecule has 2 spiro atoms. The van der Waals surface area contributed by atoms with Gasteiger partial charge in [-0.1, -0.05) is 13.0 Å². The molecular weight excluding hydrogens is 220 g/mol. The fraction of sp³-hybridized carbons (Fsp3) is 0.846. The zero-order valence-electron chi connectivity index (χ0n) is 10.4. The summed E-state index contributed by atoms with van der Waals surface area (Å²) in [6.07, 6.45) is 7.72. The van der Waals surface area contributed by atoms with Gasteiger partial charge in [0.25, 0.3) is 0 Å². The van der Waals surface area contributed by atoms with Gasteiger partial charge in [-0.2, -0.15) is 9.78 Å². The molecule has 0 radical (unpaired) electrons. The number of hydrogen-bond acceptors (Lipinski definition) is 4. The maximum absolute atomic E-state index is 9.96. The third-order valence-electron chi connectivity index (χ3n) is 4.28. The van der Waals surface area contributed by atoms with E-state index in [1.54, 1.807) is 0 Å². The normalized spacial score (nSPS) is 53.9. The van der Waals surface area contributed by atoms with Crippen LogP contribution in [0.3, 0.4) is 0 Å². The second-order valence-electron chi connectivity index (χ2n) is 5.94. The summed E-state index contributed by atoms with van der Waals surface area (Å²) in [6, 6.07) is 0. The molecule has 3 rings (SSSR count). The van der Waals surface area contributed by atoms with Gasteiger partial charge in [-0.3, -0.25) is 0 Å². The van der Waals surface area contributed by atoms with E-state index in [9.17, 15) is 5.11 Å².